The second-order valence-electron chi connectivity index (χ2n) is 6.34. The highest BCUT2D eigenvalue weighted by molar-refractivity contribution is 7.14. The maximum absolute atomic E-state index is 4.71. The molecule has 0 aromatic carbocycles. The van der Waals surface area contributed by atoms with E-state index in [9.17, 15) is 0 Å². The molecule has 0 radical (unpaired) electrons. The van der Waals surface area contributed by atoms with Crippen molar-refractivity contribution in [2.45, 2.75) is 40.2 Å². The molecule has 6 nitrogen and oxygen atoms in total. The average Bonchev–Trinajstić information content (AvgIpc) is 3.09. The molecular formula is C15H20N6S. The highest BCUT2D eigenvalue weighted by atomic mass is 32.1. The minimum atomic E-state index is 0.00581. The van der Waals surface area contributed by atoms with Gasteiger partial charge in [-0.2, -0.15) is 10.1 Å². The van der Waals surface area contributed by atoms with Crippen LogP contribution in [0.5, 0.6) is 0 Å². The molecule has 0 aliphatic rings. The number of hydrogen-bond acceptors (Lipinski definition) is 5. The summed E-state index contributed by atoms with van der Waals surface area (Å²) in [5, 5.41) is 13.3. The van der Waals surface area contributed by atoms with Crippen LogP contribution in [0, 0.1) is 13.8 Å². The van der Waals surface area contributed by atoms with Gasteiger partial charge in [0.25, 0.3) is 0 Å². The Labute approximate surface area is 133 Å². The molecule has 3 rings (SSSR count). The molecule has 3 aromatic heterocycles. The highest BCUT2D eigenvalue weighted by Gasteiger charge is 2.17. The summed E-state index contributed by atoms with van der Waals surface area (Å²) in [5.74, 6) is 0.726. The minimum Gasteiger partial charge on any atom is -0.357 e. The Bertz CT molecular complexity index is 776. The summed E-state index contributed by atoms with van der Waals surface area (Å²) in [5.41, 5.74) is 4.30. The number of H-pyrrole nitrogens is 1. The summed E-state index contributed by atoms with van der Waals surface area (Å²) in [6.07, 6.45) is 1.52. The molecule has 0 saturated carbocycles. The molecule has 0 fully saturated rings. The zero-order valence-electron chi connectivity index (χ0n) is 13.4. The van der Waals surface area contributed by atoms with Gasteiger partial charge in [-0.3, -0.25) is 4.57 Å². The number of aromatic amines is 1. The van der Waals surface area contributed by atoms with Crippen LogP contribution in [-0.2, 0) is 0 Å². The van der Waals surface area contributed by atoms with Gasteiger partial charge in [0.05, 0.1) is 5.69 Å². The smallest absolute Gasteiger partial charge is 0.229 e. The first-order chi connectivity index (χ1) is 10.3. The third-order valence-electron chi connectivity index (χ3n) is 3.31. The number of aryl methyl sites for hydroxylation is 1. The second-order valence-corrected chi connectivity index (χ2v) is 7.20. The molecule has 0 aliphatic carbocycles. The fourth-order valence-corrected chi connectivity index (χ4v) is 3.35. The number of hydrogen-bond donors (Lipinski definition) is 2. The molecule has 2 N–H and O–H groups in total. The molecule has 0 aliphatic heterocycles. The predicted octanol–water partition coefficient (Wildman–Crippen LogP) is 3.55. The van der Waals surface area contributed by atoms with Crippen molar-refractivity contribution in [3.63, 3.8) is 0 Å². The van der Waals surface area contributed by atoms with Gasteiger partial charge in [0, 0.05) is 27.9 Å². The Morgan fingerprint density at radius 2 is 2.05 bits per heavy atom. The molecule has 0 unspecified atom stereocenters. The van der Waals surface area contributed by atoms with E-state index in [4.69, 9.17) is 4.98 Å². The number of aromatic nitrogens is 5. The maximum Gasteiger partial charge on any atom is 0.229 e. The number of nitrogens with zero attached hydrogens (tertiary/aromatic N) is 4. The molecule has 3 aromatic rings. The van der Waals surface area contributed by atoms with Gasteiger partial charge >= 0.3 is 0 Å². The molecule has 0 saturated heterocycles. The van der Waals surface area contributed by atoms with E-state index < -0.39 is 0 Å². The maximum atomic E-state index is 4.71. The summed E-state index contributed by atoms with van der Waals surface area (Å²) >= 11 is 1.63. The topological polar surface area (TPSA) is 71.4 Å². The molecule has 3 heterocycles. The van der Waals surface area contributed by atoms with Crippen molar-refractivity contribution >= 4 is 16.5 Å². The highest BCUT2D eigenvalue weighted by Crippen LogP contribution is 2.31. The first kappa shape index (κ1) is 14.8. The van der Waals surface area contributed by atoms with E-state index in [2.05, 4.69) is 71.1 Å². The fraction of sp³-hybridized carbons (Fsp3) is 0.400. The minimum absolute atomic E-state index is 0.00581. The van der Waals surface area contributed by atoms with Crippen molar-refractivity contribution in [3.05, 3.63) is 29.2 Å². The second kappa shape index (κ2) is 5.24. The van der Waals surface area contributed by atoms with Gasteiger partial charge in [0.15, 0.2) is 5.13 Å². The summed E-state index contributed by atoms with van der Waals surface area (Å²) in [6.45, 7) is 10.5. The summed E-state index contributed by atoms with van der Waals surface area (Å²) in [7, 11) is 0. The van der Waals surface area contributed by atoms with Crippen molar-refractivity contribution in [3.8, 4) is 17.2 Å². The van der Waals surface area contributed by atoms with Crippen molar-refractivity contribution < 1.29 is 0 Å². The van der Waals surface area contributed by atoms with Crippen LogP contribution >= 0.6 is 11.3 Å². The zero-order chi connectivity index (χ0) is 15.9. The van der Waals surface area contributed by atoms with Crippen LogP contribution < -0.4 is 5.32 Å². The van der Waals surface area contributed by atoms with Gasteiger partial charge in [0.2, 0.25) is 5.95 Å². The van der Waals surface area contributed by atoms with Gasteiger partial charge in [-0.25, -0.2) is 10.1 Å². The van der Waals surface area contributed by atoms with Gasteiger partial charge in [-0.15, -0.1) is 11.3 Å². The molecule has 22 heavy (non-hydrogen) atoms. The van der Waals surface area contributed by atoms with E-state index >= 15 is 0 Å². The van der Waals surface area contributed by atoms with Gasteiger partial charge < -0.3 is 5.32 Å². The van der Waals surface area contributed by atoms with Gasteiger partial charge in [-0.1, -0.05) is 0 Å². The number of anilines is 1. The van der Waals surface area contributed by atoms with Gasteiger partial charge in [-0.05, 0) is 40.7 Å². The Morgan fingerprint density at radius 1 is 1.27 bits per heavy atom. The average molecular weight is 316 g/mol. The van der Waals surface area contributed by atoms with Crippen LogP contribution in [0.1, 0.15) is 32.2 Å². The Kier molecular flexibility index (Phi) is 3.52. The first-order valence-corrected chi connectivity index (χ1v) is 8.02. The largest absolute Gasteiger partial charge is 0.357 e. The van der Waals surface area contributed by atoms with E-state index in [1.807, 2.05) is 0 Å². The lowest BCUT2D eigenvalue weighted by molar-refractivity contribution is 0.633. The van der Waals surface area contributed by atoms with Crippen LogP contribution in [0.2, 0.25) is 0 Å². The molecule has 0 spiro atoms. The van der Waals surface area contributed by atoms with Crippen molar-refractivity contribution in [1.82, 2.24) is 24.7 Å². The lowest BCUT2D eigenvalue weighted by Crippen LogP contribution is -2.25. The van der Waals surface area contributed by atoms with Crippen LogP contribution in [0.25, 0.3) is 17.2 Å². The number of nitrogens with one attached hydrogen (secondary N) is 2. The Morgan fingerprint density at radius 3 is 2.68 bits per heavy atom. The van der Waals surface area contributed by atoms with Crippen LogP contribution in [0.4, 0.5) is 5.13 Å². The fourth-order valence-electron chi connectivity index (χ4n) is 2.43. The Balaban J connectivity index is 1.98. The van der Waals surface area contributed by atoms with E-state index in [0.29, 0.717) is 0 Å². The Hall–Kier alpha value is -2.15. The monoisotopic (exact) mass is 316 g/mol. The van der Waals surface area contributed by atoms with E-state index in [-0.39, 0.29) is 5.54 Å². The zero-order valence-corrected chi connectivity index (χ0v) is 14.2. The summed E-state index contributed by atoms with van der Waals surface area (Å²) in [6, 6.07) is 2.13. The van der Waals surface area contributed by atoms with Crippen molar-refractivity contribution in [2.24, 2.45) is 0 Å². The SMILES string of the molecule is Cc1cc(-c2csc(NC(C)(C)C)n2)c(C)n1-c1ncn[nH]1. The van der Waals surface area contributed by atoms with Gasteiger partial charge in [0.1, 0.15) is 6.33 Å². The van der Waals surface area contributed by atoms with Crippen LogP contribution in [-0.4, -0.2) is 30.3 Å². The molecule has 0 amide bonds. The van der Waals surface area contributed by atoms with E-state index in [1.165, 1.54) is 6.33 Å². The standard InChI is InChI=1S/C15H20N6S/c1-9-6-11(10(2)21(9)13-16-8-17-20-13)12-7-22-14(18-12)19-15(3,4)5/h6-8H,1-5H3,(H,18,19)(H,16,17,20). The van der Waals surface area contributed by atoms with Crippen molar-refractivity contribution in [1.29, 1.82) is 0 Å². The molecule has 116 valence electrons. The summed E-state index contributed by atoms with van der Waals surface area (Å²) < 4.78 is 2.05. The first-order valence-electron chi connectivity index (χ1n) is 7.14. The quantitative estimate of drug-likeness (QED) is 0.775. The molecule has 0 atom stereocenters. The normalized spacial score (nSPS) is 11.9. The van der Waals surface area contributed by atoms with Crippen molar-refractivity contribution in [2.75, 3.05) is 5.32 Å². The molecular weight excluding hydrogens is 296 g/mol. The lowest BCUT2D eigenvalue weighted by Gasteiger charge is -2.19. The summed E-state index contributed by atoms with van der Waals surface area (Å²) in [4.78, 5) is 8.95. The predicted molar refractivity (Wildman–Crippen MR) is 89.7 cm³/mol. The third-order valence-corrected chi connectivity index (χ3v) is 4.07. The van der Waals surface area contributed by atoms with Crippen LogP contribution in [0.15, 0.2) is 17.8 Å². The van der Waals surface area contributed by atoms with Crippen LogP contribution in [0.3, 0.4) is 0 Å². The lowest BCUT2D eigenvalue weighted by atomic mass is 10.1. The number of thiazole rings is 1. The van der Waals surface area contributed by atoms with E-state index in [1.54, 1.807) is 11.3 Å². The molecule has 7 heteroatoms. The van der Waals surface area contributed by atoms with E-state index in [0.717, 1.165) is 33.7 Å². The number of rotatable bonds is 3. The third kappa shape index (κ3) is 2.76. The molecule has 0 bridgehead atoms.